The number of hydrogen-bond acceptors (Lipinski definition) is 3. The number of carbonyl (C=O) groups is 1. The van der Waals surface area contributed by atoms with E-state index in [0.29, 0.717) is 17.2 Å². The standard InChI is InChI=1S/C13H19NO2/c1-8(2)10-5-11(13(15)9(3)14)7-12(6-10)16-4/h5-9H,14H2,1-4H3. The Balaban J connectivity index is 3.19. The molecule has 0 saturated carbocycles. The van der Waals surface area contributed by atoms with Gasteiger partial charge in [-0.25, -0.2) is 0 Å². The van der Waals surface area contributed by atoms with Crippen LogP contribution < -0.4 is 10.5 Å². The quantitative estimate of drug-likeness (QED) is 0.794. The van der Waals surface area contributed by atoms with Crippen LogP contribution in [-0.4, -0.2) is 18.9 Å². The Hall–Kier alpha value is -1.35. The highest BCUT2D eigenvalue weighted by atomic mass is 16.5. The van der Waals surface area contributed by atoms with Crippen LogP contribution in [0, 0.1) is 0 Å². The first-order valence-electron chi connectivity index (χ1n) is 5.44. The molecule has 1 aromatic rings. The molecule has 3 heteroatoms. The third-order valence-electron chi connectivity index (χ3n) is 2.53. The molecule has 3 nitrogen and oxygen atoms in total. The lowest BCUT2D eigenvalue weighted by Crippen LogP contribution is -2.26. The van der Waals surface area contributed by atoms with Crippen molar-refractivity contribution >= 4 is 5.78 Å². The fraction of sp³-hybridized carbons (Fsp3) is 0.462. The zero-order chi connectivity index (χ0) is 12.3. The second-order valence-electron chi connectivity index (χ2n) is 4.30. The van der Waals surface area contributed by atoms with Gasteiger partial charge in [0.25, 0.3) is 0 Å². The average molecular weight is 221 g/mol. The van der Waals surface area contributed by atoms with Gasteiger partial charge in [-0.3, -0.25) is 4.79 Å². The number of carbonyl (C=O) groups excluding carboxylic acids is 1. The summed E-state index contributed by atoms with van der Waals surface area (Å²) < 4.78 is 5.18. The third-order valence-corrected chi connectivity index (χ3v) is 2.53. The maximum Gasteiger partial charge on any atom is 0.179 e. The van der Waals surface area contributed by atoms with Gasteiger partial charge >= 0.3 is 0 Å². The molecule has 1 aromatic carbocycles. The van der Waals surface area contributed by atoms with E-state index in [4.69, 9.17) is 10.5 Å². The first-order valence-corrected chi connectivity index (χ1v) is 5.44. The molecule has 0 radical (unpaired) electrons. The van der Waals surface area contributed by atoms with Crippen molar-refractivity contribution < 1.29 is 9.53 Å². The fourth-order valence-electron chi connectivity index (χ4n) is 1.48. The molecule has 1 atom stereocenters. The molecular formula is C13H19NO2. The summed E-state index contributed by atoms with van der Waals surface area (Å²) in [6.45, 7) is 5.85. The van der Waals surface area contributed by atoms with Gasteiger partial charge in [-0.1, -0.05) is 13.8 Å². The molecule has 0 spiro atoms. The normalized spacial score (nSPS) is 12.6. The monoisotopic (exact) mass is 221 g/mol. The molecule has 0 saturated heterocycles. The second-order valence-corrected chi connectivity index (χ2v) is 4.30. The second kappa shape index (κ2) is 5.12. The first kappa shape index (κ1) is 12.7. The largest absolute Gasteiger partial charge is 0.497 e. The van der Waals surface area contributed by atoms with Crippen LogP contribution in [0.4, 0.5) is 0 Å². The molecule has 0 aliphatic rings. The maximum absolute atomic E-state index is 11.8. The average Bonchev–Trinajstić information content (AvgIpc) is 2.27. The number of Topliss-reactive ketones (excluding diaryl/α,β-unsaturated/α-hetero) is 1. The van der Waals surface area contributed by atoms with E-state index in [1.165, 1.54) is 0 Å². The summed E-state index contributed by atoms with van der Waals surface area (Å²) in [4.78, 5) is 11.8. The van der Waals surface area contributed by atoms with Crippen LogP contribution in [-0.2, 0) is 0 Å². The van der Waals surface area contributed by atoms with Gasteiger partial charge in [-0.15, -0.1) is 0 Å². The van der Waals surface area contributed by atoms with E-state index in [-0.39, 0.29) is 5.78 Å². The van der Waals surface area contributed by atoms with Crippen molar-refractivity contribution in [2.45, 2.75) is 32.7 Å². The minimum Gasteiger partial charge on any atom is -0.497 e. The summed E-state index contributed by atoms with van der Waals surface area (Å²) in [5, 5.41) is 0. The smallest absolute Gasteiger partial charge is 0.179 e. The van der Waals surface area contributed by atoms with Crippen molar-refractivity contribution in [3.05, 3.63) is 29.3 Å². The number of hydrogen-bond donors (Lipinski definition) is 1. The molecule has 1 rings (SSSR count). The SMILES string of the molecule is COc1cc(C(=O)C(C)N)cc(C(C)C)c1. The molecule has 16 heavy (non-hydrogen) atoms. The van der Waals surface area contributed by atoms with Gasteiger partial charge in [0.05, 0.1) is 13.2 Å². The number of ketones is 1. The van der Waals surface area contributed by atoms with Crippen LogP contribution in [0.5, 0.6) is 5.75 Å². The molecule has 2 N–H and O–H groups in total. The number of ether oxygens (including phenoxy) is 1. The van der Waals surface area contributed by atoms with Crippen LogP contribution in [0.2, 0.25) is 0 Å². The summed E-state index contributed by atoms with van der Waals surface area (Å²) in [6, 6.07) is 5.09. The van der Waals surface area contributed by atoms with E-state index >= 15 is 0 Å². The molecule has 0 bridgehead atoms. The van der Waals surface area contributed by atoms with Crippen LogP contribution in [0.25, 0.3) is 0 Å². The van der Waals surface area contributed by atoms with Gasteiger partial charge in [0, 0.05) is 5.56 Å². The molecular weight excluding hydrogens is 202 g/mol. The van der Waals surface area contributed by atoms with E-state index in [1.807, 2.05) is 12.1 Å². The van der Waals surface area contributed by atoms with Gasteiger partial charge in [-0.05, 0) is 36.6 Å². The van der Waals surface area contributed by atoms with Crippen molar-refractivity contribution in [1.29, 1.82) is 0 Å². The predicted molar refractivity (Wildman–Crippen MR) is 65.1 cm³/mol. The summed E-state index contributed by atoms with van der Waals surface area (Å²) in [6.07, 6.45) is 0. The van der Waals surface area contributed by atoms with Crippen molar-refractivity contribution in [1.82, 2.24) is 0 Å². The Labute approximate surface area is 96.6 Å². The van der Waals surface area contributed by atoms with E-state index in [0.717, 1.165) is 5.56 Å². The highest BCUT2D eigenvalue weighted by molar-refractivity contribution is 6.00. The highest BCUT2D eigenvalue weighted by Crippen LogP contribution is 2.23. The van der Waals surface area contributed by atoms with Crippen LogP contribution in [0.3, 0.4) is 0 Å². The van der Waals surface area contributed by atoms with Gasteiger partial charge < -0.3 is 10.5 Å². The number of methoxy groups -OCH3 is 1. The summed E-state index contributed by atoms with van der Waals surface area (Å²) in [7, 11) is 1.60. The van der Waals surface area contributed by atoms with Gasteiger partial charge in [-0.2, -0.15) is 0 Å². The summed E-state index contributed by atoms with van der Waals surface area (Å²) >= 11 is 0. The van der Waals surface area contributed by atoms with Crippen LogP contribution in [0.1, 0.15) is 42.6 Å². The van der Waals surface area contributed by atoms with Crippen molar-refractivity contribution in [2.24, 2.45) is 5.73 Å². The minimum absolute atomic E-state index is 0.0548. The molecule has 1 unspecified atom stereocenters. The van der Waals surface area contributed by atoms with E-state index in [1.54, 1.807) is 20.1 Å². The highest BCUT2D eigenvalue weighted by Gasteiger charge is 2.14. The lowest BCUT2D eigenvalue weighted by molar-refractivity contribution is 0.0967. The summed E-state index contributed by atoms with van der Waals surface area (Å²) in [5.41, 5.74) is 7.30. The zero-order valence-electron chi connectivity index (χ0n) is 10.3. The van der Waals surface area contributed by atoms with Gasteiger partial charge in [0.15, 0.2) is 5.78 Å². The molecule has 0 heterocycles. The molecule has 0 aromatic heterocycles. The number of nitrogens with two attached hydrogens (primary N) is 1. The Morgan fingerprint density at radius 2 is 1.88 bits per heavy atom. The van der Waals surface area contributed by atoms with E-state index in [2.05, 4.69) is 13.8 Å². The van der Waals surface area contributed by atoms with E-state index < -0.39 is 6.04 Å². The van der Waals surface area contributed by atoms with Crippen LogP contribution in [0.15, 0.2) is 18.2 Å². The zero-order valence-corrected chi connectivity index (χ0v) is 10.3. The Kier molecular flexibility index (Phi) is 4.07. The van der Waals surface area contributed by atoms with Gasteiger partial charge in [0.2, 0.25) is 0 Å². The molecule has 0 amide bonds. The number of rotatable bonds is 4. The molecule has 88 valence electrons. The van der Waals surface area contributed by atoms with Crippen molar-refractivity contribution in [2.75, 3.05) is 7.11 Å². The minimum atomic E-state index is -0.480. The Bertz CT molecular complexity index is 384. The van der Waals surface area contributed by atoms with E-state index in [9.17, 15) is 4.79 Å². The Morgan fingerprint density at radius 3 is 2.31 bits per heavy atom. The summed E-state index contributed by atoms with van der Waals surface area (Å²) in [5.74, 6) is 1.01. The molecule has 0 fully saturated rings. The van der Waals surface area contributed by atoms with Crippen LogP contribution >= 0.6 is 0 Å². The predicted octanol–water partition coefficient (Wildman–Crippen LogP) is 2.35. The third kappa shape index (κ3) is 2.83. The van der Waals surface area contributed by atoms with Crippen molar-refractivity contribution in [3.63, 3.8) is 0 Å². The lowest BCUT2D eigenvalue weighted by Gasteiger charge is -2.12. The Morgan fingerprint density at radius 1 is 1.25 bits per heavy atom. The fourth-order valence-corrected chi connectivity index (χ4v) is 1.48. The first-order chi connectivity index (χ1) is 7.45. The van der Waals surface area contributed by atoms with Gasteiger partial charge in [0.1, 0.15) is 5.75 Å². The molecule has 0 aliphatic carbocycles. The maximum atomic E-state index is 11.8. The topological polar surface area (TPSA) is 52.3 Å². The number of benzene rings is 1. The lowest BCUT2D eigenvalue weighted by atomic mass is 9.97. The molecule has 0 aliphatic heterocycles. The van der Waals surface area contributed by atoms with Crippen molar-refractivity contribution in [3.8, 4) is 5.75 Å².